The maximum absolute atomic E-state index is 5.61. The number of hydrogen-bond donors (Lipinski definition) is 2. The Labute approximate surface area is 94.0 Å². The van der Waals surface area contributed by atoms with Crippen LogP contribution >= 0.6 is 0 Å². The van der Waals surface area contributed by atoms with Crippen LogP contribution in [0.4, 0.5) is 0 Å². The fourth-order valence-corrected chi connectivity index (χ4v) is 2.03. The molecule has 0 radical (unpaired) electrons. The smallest absolute Gasteiger partial charge is 0.0726 e. The van der Waals surface area contributed by atoms with E-state index in [1.807, 2.05) is 0 Å². The summed E-state index contributed by atoms with van der Waals surface area (Å²) >= 11 is 0. The molecule has 0 spiro atoms. The van der Waals surface area contributed by atoms with Crippen molar-refractivity contribution < 1.29 is 4.74 Å². The second-order valence-electron chi connectivity index (χ2n) is 5.45. The van der Waals surface area contributed by atoms with Crippen LogP contribution < -0.4 is 10.6 Å². The lowest BCUT2D eigenvalue weighted by atomic mass is 9.93. The van der Waals surface area contributed by atoms with Crippen LogP contribution in [0.2, 0.25) is 0 Å². The van der Waals surface area contributed by atoms with E-state index in [4.69, 9.17) is 4.74 Å². The number of rotatable bonds is 5. The van der Waals surface area contributed by atoms with Crippen molar-refractivity contribution in [2.24, 2.45) is 0 Å². The van der Waals surface area contributed by atoms with Crippen molar-refractivity contribution in [3.05, 3.63) is 0 Å². The molecule has 2 atom stereocenters. The average molecular weight is 214 g/mol. The monoisotopic (exact) mass is 214 g/mol. The number of likely N-dealkylation sites (N-methyl/N-ethyl adjacent to an activating group) is 1. The summed E-state index contributed by atoms with van der Waals surface area (Å²) in [6, 6.07) is 0. The minimum atomic E-state index is 0.146. The lowest BCUT2D eigenvalue weighted by molar-refractivity contribution is 0.0861. The first kappa shape index (κ1) is 12.9. The minimum Gasteiger partial charge on any atom is -0.377 e. The van der Waals surface area contributed by atoms with Crippen LogP contribution in [0.15, 0.2) is 0 Å². The zero-order valence-corrected chi connectivity index (χ0v) is 10.8. The zero-order chi connectivity index (χ0) is 11.5. The molecule has 2 unspecified atom stereocenters. The van der Waals surface area contributed by atoms with Crippen LogP contribution in [0.25, 0.3) is 0 Å². The van der Waals surface area contributed by atoms with E-state index in [0.29, 0.717) is 6.10 Å². The maximum Gasteiger partial charge on any atom is 0.0726 e. The molecule has 0 saturated carbocycles. The Kier molecular flexibility index (Phi) is 4.15. The third-order valence-electron chi connectivity index (χ3n) is 3.48. The summed E-state index contributed by atoms with van der Waals surface area (Å²) in [7, 11) is 0. The van der Waals surface area contributed by atoms with E-state index in [9.17, 15) is 0 Å². The molecule has 0 aliphatic carbocycles. The van der Waals surface area contributed by atoms with Crippen molar-refractivity contribution in [1.29, 1.82) is 0 Å². The lowest BCUT2D eigenvalue weighted by Crippen LogP contribution is -2.56. The summed E-state index contributed by atoms with van der Waals surface area (Å²) in [5.41, 5.74) is 0.298. The Balaban J connectivity index is 2.42. The Hall–Kier alpha value is -0.120. The van der Waals surface area contributed by atoms with Crippen molar-refractivity contribution in [2.75, 3.05) is 19.7 Å². The van der Waals surface area contributed by atoms with E-state index in [1.54, 1.807) is 0 Å². The molecule has 15 heavy (non-hydrogen) atoms. The highest BCUT2D eigenvalue weighted by Gasteiger charge is 2.37. The van der Waals surface area contributed by atoms with Gasteiger partial charge >= 0.3 is 0 Å². The van der Waals surface area contributed by atoms with Crippen LogP contribution in [0.5, 0.6) is 0 Å². The van der Waals surface area contributed by atoms with E-state index in [1.165, 1.54) is 0 Å². The molecular weight excluding hydrogens is 188 g/mol. The largest absolute Gasteiger partial charge is 0.377 e. The van der Waals surface area contributed by atoms with Gasteiger partial charge in [-0.3, -0.25) is 0 Å². The highest BCUT2D eigenvalue weighted by molar-refractivity contribution is 4.95. The number of hydrogen-bond acceptors (Lipinski definition) is 3. The van der Waals surface area contributed by atoms with E-state index in [-0.39, 0.29) is 11.1 Å². The van der Waals surface area contributed by atoms with Gasteiger partial charge < -0.3 is 15.4 Å². The summed E-state index contributed by atoms with van der Waals surface area (Å²) in [6.45, 7) is 13.9. The molecule has 0 aromatic rings. The average Bonchev–Trinajstić information content (AvgIpc) is 2.45. The van der Waals surface area contributed by atoms with Crippen molar-refractivity contribution in [2.45, 2.75) is 58.2 Å². The summed E-state index contributed by atoms with van der Waals surface area (Å²) in [5.74, 6) is 0. The molecule has 2 N–H and O–H groups in total. The third kappa shape index (κ3) is 3.44. The lowest BCUT2D eigenvalue weighted by Gasteiger charge is -2.34. The van der Waals surface area contributed by atoms with Gasteiger partial charge in [-0.1, -0.05) is 6.92 Å². The van der Waals surface area contributed by atoms with Crippen molar-refractivity contribution in [3.63, 3.8) is 0 Å². The van der Waals surface area contributed by atoms with Crippen molar-refractivity contribution in [1.82, 2.24) is 10.6 Å². The SMILES string of the molecule is CCNC(C)(C)CNC1(C)CCOC1C. The first-order chi connectivity index (χ1) is 6.90. The molecule has 1 aliphatic rings. The molecule has 0 aromatic carbocycles. The van der Waals surface area contributed by atoms with E-state index < -0.39 is 0 Å². The topological polar surface area (TPSA) is 33.3 Å². The van der Waals surface area contributed by atoms with Crippen LogP contribution in [0.1, 0.15) is 41.0 Å². The highest BCUT2D eigenvalue weighted by Crippen LogP contribution is 2.25. The van der Waals surface area contributed by atoms with Gasteiger partial charge in [0, 0.05) is 24.2 Å². The molecule has 1 saturated heterocycles. The molecule has 0 aromatic heterocycles. The molecular formula is C12H26N2O. The molecule has 90 valence electrons. The quantitative estimate of drug-likeness (QED) is 0.728. The van der Waals surface area contributed by atoms with Gasteiger partial charge in [-0.2, -0.15) is 0 Å². The summed E-state index contributed by atoms with van der Waals surface area (Å²) < 4.78 is 5.61. The van der Waals surface area contributed by atoms with Crippen LogP contribution in [0.3, 0.4) is 0 Å². The second kappa shape index (κ2) is 4.81. The van der Waals surface area contributed by atoms with E-state index in [0.717, 1.165) is 26.1 Å². The van der Waals surface area contributed by atoms with E-state index >= 15 is 0 Å². The fourth-order valence-electron chi connectivity index (χ4n) is 2.03. The standard InChI is InChI=1S/C12H26N2O/c1-6-13-11(3,4)9-14-12(5)7-8-15-10(12)2/h10,13-14H,6-9H2,1-5H3. The Morgan fingerprint density at radius 3 is 2.60 bits per heavy atom. The Morgan fingerprint density at radius 2 is 2.13 bits per heavy atom. The van der Waals surface area contributed by atoms with Gasteiger partial charge in [0.25, 0.3) is 0 Å². The Bertz CT molecular complexity index is 206. The van der Waals surface area contributed by atoms with Crippen molar-refractivity contribution >= 4 is 0 Å². The molecule has 1 rings (SSSR count). The molecule has 0 amide bonds. The molecule has 1 aliphatic heterocycles. The predicted octanol–water partition coefficient (Wildman–Crippen LogP) is 1.53. The van der Waals surface area contributed by atoms with Gasteiger partial charge in [0.15, 0.2) is 0 Å². The highest BCUT2D eigenvalue weighted by atomic mass is 16.5. The van der Waals surface area contributed by atoms with Crippen LogP contribution in [0, 0.1) is 0 Å². The van der Waals surface area contributed by atoms with Gasteiger partial charge in [0.1, 0.15) is 0 Å². The summed E-state index contributed by atoms with van der Waals surface area (Å²) in [5, 5.41) is 7.12. The van der Waals surface area contributed by atoms with Crippen LogP contribution in [-0.4, -0.2) is 36.9 Å². The Morgan fingerprint density at radius 1 is 1.47 bits per heavy atom. The van der Waals surface area contributed by atoms with E-state index in [2.05, 4.69) is 45.3 Å². The first-order valence-electron chi connectivity index (χ1n) is 6.01. The molecule has 3 nitrogen and oxygen atoms in total. The first-order valence-corrected chi connectivity index (χ1v) is 6.01. The normalized spacial score (nSPS) is 32.2. The van der Waals surface area contributed by atoms with Crippen molar-refractivity contribution in [3.8, 4) is 0 Å². The number of ether oxygens (including phenoxy) is 1. The molecule has 3 heteroatoms. The van der Waals surface area contributed by atoms with Crippen LogP contribution in [-0.2, 0) is 4.74 Å². The second-order valence-corrected chi connectivity index (χ2v) is 5.45. The zero-order valence-electron chi connectivity index (χ0n) is 10.8. The molecule has 1 heterocycles. The summed E-state index contributed by atoms with van der Waals surface area (Å²) in [4.78, 5) is 0. The van der Waals surface area contributed by atoms with Gasteiger partial charge in [0.05, 0.1) is 6.10 Å². The maximum atomic E-state index is 5.61. The predicted molar refractivity (Wildman–Crippen MR) is 64.2 cm³/mol. The number of nitrogens with one attached hydrogen (secondary N) is 2. The minimum absolute atomic E-state index is 0.146. The van der Waals surface area contributed by atoms with Gasteiger partial charge in [0.2, 0.25) is 0 Å². The fraction of sp³-hybridized carbons (Fsp3) is 1.00. The molecule has 1 fully saturated rings. The van der Waals surface area contributed by atoms with Gasteiger partial charge in [-0.05, 0) is 40.7 Å². The third-order valence-corrected chi connectivity index (χ3v) is 3.48. The summed E-state index contributed by atoms with van der Waals surface area (Å²) in [6.07, 6.45) is 1.42. The van der Waals surface area contributed by atoms with Gasteiger partial charge in [-0.25, -0.2) is 0 Å². The molecule has 0 bridgehead atoms. The van der Waals surface area contributed by atoms with Gasteiger partial charge in [-0.15, -0.1) is 0 Å².